The Labute approximate surface area is 205 Å². The highest BCUT2D eigenvalue weighted by atomic mass is 16.5. The van der Waals surface area contributed by atoms with Crippen molar-refractivity contribution in [3.05, 3.63) is 65.7 Å². The Balaban J connectivity index is 1.79. The van der Waals surface area contributed by atoms with Crippen molar-refractivity contribution in [3.8, 4) is 16.9 Å². The average molecular weight is 461 g/mol. The van der Waals surface area contributed by atoms with E-state index in [0.717, 1.165) is 28.5 Å². The van der Waals surface area contributed by atoms with E-state index in [0.29, 0.717) is 5.56 Å². The van der Waals surface area contributed by atoms with Crippen LogP contribution in [0.2, 0.25) is 0 Å². The summed E-state index contributed by atoms with van der Waals surface area (Å²) in [5.41, 5.74) is 4.22. The SMILES string of the molecule is CCCCCCCCCC(C)(C)c1cc(-c2ccc3cc(C(=O)OC)ccc3c2)ccc1OC. The van der Waals surface area contributed by atoms with E-state index in [9.17, 15) is 4.79 Å². The molecule has 3 nitrogen and oxygen atoms in total. The fourth-order valence-electron chi connectivity index (χ4n) is 4.75. The maximum absolute atomic E-state index is 11.9. The normalized spacial score (nSPS) is 11.6. The predicted molar refractivity (Wildman–Crippen MR) is 143 cm³/mol. The van der Waals surface area contributed by atoms with Crippen LogP contribution in [-0.2, 0) is 10.2 Å². The van der Waals surface area contributed by atoms with E-state index in [4.69, 9.17) is 9.47 Å². The van der Waals surface area contributed by atoms with Crippen molar-refractivity contribution in [2.45, 2.75) is 77.6 Å². The lowest BCUT2D eigenvalue weighted by Crippen LogP contribution is -2.18. The first kappa shape index (κ1) is 25.8. The zero-order valence-electron chi connectivity index (χ0n) is 21.6. The molecule has 3 aromatic carbocycles. The monoisotopic (exact) mass is 460 g/mol. The van der Waals surface area contributed by atoms with Gasteiger partial charge in [-0.3, -0.25) is 0 Å². The Kier molecular flexibility index (Phi) is 9.15. The Bertz CT molecular complexity index is 1100. The second-order valence-electron chi connectivity index (χ2n) is 9.94. The molecule has 0 heterocycles. The summed E-state index contributed by atoms with van der Waals surface area (Å²) in [6.45, 7) is 6.93. The second kappa shape index (κ2) is 12.1. The lowest BCUT2D eigenvalue weighted by molar-refractivity contribution is 0.0601. The largest absolute Gasteiger partial charge is 0.496 e. The number of unbranched alkanes of at least 4 members (excludes halogenated alkanes) is 6. The summed E-state index contributed by atoms with van der Waals surface area (Å²) in [6, 6.07) is 18.6. The average Bonchev–Trinajstić information content (AvgIpc) is 2.86. The quantitative estimate of drug-likeness (QED) is 0.200. The Morgan fingerprint density at radius 1 is 0.765 bits per heavy atom. The summed E-state index contributed by atoms with van der Waals surface area (Å²) in [5, 5.41) is 2.13. The van der Waals surface area contributed by atoms with Crippen molar-refractivity contribution < 1.29 is 14.3 Å². The van der Waals surface area contributed by atoms with Gasteiger partial charge in [0, 0.05) is 5.56 Å². The van der Waals surface area contributed by atoms with Crippen LogP contribution in [0.1, 0.15) is 88.1 Å². The van der Waals surface area contributed by atoms with E-state index in [1.54, 1.807) is 7.11 Å². The molecular formula is C31H40O3. The highest BCUT2D eigenvalue weighted by molar-refractivity contribution is 5.96. The molecule has 3 aromatic rings. The minimum Gasteiger partial charge on any atom is -0.496 e. The highest BCUT2D eigenvalue weighted by Crippen LogP contribution is 2.39. The van der Waals surface area contributed by atoms with Gasteiger partial charge >= 0.3 is 5.97 Å². The van der Waals surface area contributed by atoms with Crippen LogP contribution in [0.25, 0.3) is 21.9 Å². The van der Waals surface area contributed by atoms with Crippen LogP contribution in [-0.4, -0.2) is 20.2 Å². The van der Waals surface area contributed by atoms with Crippen molar-refractivity contribution >= 4 is 16.7 Å². The van der Waals surface area contributed by atoms with Crippen molar-refractivity contribution in [1.82, 2.24) is 0 Å². The fourth-order valence-corrected chi connectivity index (χ4v) is 4.75. The summed E-state index contributed by atoms with van der Waals surface area (Å²) < 4.78 is 10.6. The number of rotatable bonds is 12. The number of carbonyl (C=O) groups excluding carboxylic acids is 1. The zero-order valence-corrected chi connectivity index (χ0v) is 21.6. The molecule has 0 aromatic heterocycles. The molecule has 0 unspecified atom stereocenters. The molecule has 3 rings (SSSR count). The van der Waals surface area contributed by atoms with Crippen LogP contribution < -0.4 is 4.74 Å². The van der Waals surface area contributed by atoms with E-state index in [1.165, 1.54) is 63.2 Å². The maximum atomic E-state index is 11.9. The van der Waals surface area contributed by atoms with Gasteiger partial charge in [-0.15, -0.1) is 0 Å². The number of fused-ring (bicyclic) bond motifs is 1. The van der Waals surface area contributed by atoms with Gasteiger partial charge in [0.2, 0.25) is 0 Å². The number of hydrogen-bond donors (Lipinski definition) is 0. The van der Waals surface area contributed by atoms with Gasteiger partial charge in [-0.1, -0.05) is 90.0 Å². The van der Waals surface area contributed by atoms with E-state index < -0.39 is 0 Å². The van der Waals surface area contributed by atoms with Crippen molar-refractivity contribution in [2.75, 3.05) is 14.2 Å². The summed E-state index contributed by atoms with van der Waals surface area (Å²) in [5.74, 6) is 0.647. The van der Waals surface area contributed by atoms with Gasteiger partial charge in [0.1, 0.15) is 5.75 Å². The summed E-state index contributed by atoms with van der Waals surface area (Å²) >= 11 is 0. The smallest absolute Gasteiger partial charge is 0.337 e. The first-order valence-corrected chi connectivity index (χ1v) is 12.7. The number of carbonyl (C=O) groups is 1. The van der Waals surface area contributed by atoms with Gasteiger partial charge in [-0.05, 0) is 64.1 Å². The molecule has 0 fully saturated rings. The molecule has 182 valence electrons. The van der Waals surface area contributed by atoms with Crippen LogP contribution in [0.15, 0.2) is 54.6 Å². The van der Waals surface area contributed by atoms with Crippen LogP contribution in [0.3, 0.4) is 0 Å². The first-order valence-electron chi connectivity index (χ1n) is 12.7. The molecular weight excluding hydrogens is 420 g/mol. The third-order valence-corrected chi connectivity index (χ3v) is 6.93. The molecule has 0 atom stereocenters. The number of benzene rings is 3. The lowest BCUT2D eigenvalue weighted by Gasteiger charge is -2.28. The van der Waals surface area contributed by atoms with Gasteiger partial charge in [-0.2, -0.15) is 0 Å². The molecule has 0 saturated carbocycles. The minimum atomic E-state index is -0.311. The van der Waals surface area contributed by atoms with Crippen molar-refractivity contribution in [1.29, 1.82) is 0 Å². The van der Waals surface area contributed by atoms with E-state index in [-0.39, 0.29) is 11.4 Å². The predicted octanol–water partition coefficient (Wildman–Crippen LogP) is 8.72. The molecule has 0 aliphatic heterocycles. The molecule has 0 aliphatic carbocycles. The van der Waals surface area contributed by atoms with Gasteiger partial charge in [-0.25, -0.2) is 4.79 Å². The fraction of sp³-hybridized carbons (Fsp3) is 0.452. The molecule has 0 radical (unpaired) electrons. The topological polar surface area (TPSA) is 35.5 Å². The number of hydrogen-bond acceptors (Lipinski definition) is 3. The highest BCUT2D eigenvalue weighted by Gasteiger charge is 2.24. The van der Waals surface area contributed by atoms with Crippen molar-refractivity contribution in [3.63, 3.8) is 0 Å². The molecule has 34 heavy (non-hydrogen) atoms. The molecule has 0 saturated heterocycles. The van der Waals surface area contributed by atoms with Gasteiger partial charge in [0.05, 0.1) is 19.8 Å². The molecule has 0 bridgehead atoms. The minimum absolute atomic E-state index is 0.0387. The van der Waals surface area contributed by atoms with Crippen LogP contribution in [0.5, 0.6) is 5.75 Å². The second-order valence-corrected chi connectivity index (χ2v) is 9.94. The molecule has 0 aliphatic rings. The molecule has 3 heteroatoms. The van der Waals surface area contributed by atoms with Crippen LogP contribution >= 0.6 is 0 Å². The molecule has 0 N–H and O–H groups in total. The van der Waals surface area contributed by atoms with E-state index >= 15 is 0 Å². The third kappa shape index (κ3) is 6.40. The Morgan fingerprint density at radius 2 is 1.38 bits per heavy atom. The number of methoxy groups -OCH3 is 2. The van der Waals surface area contributed by atoms with Crippen LogP contribution in [0, 0.1) is 0 Å². The third-order valence-electron chi connectivity index (χ3n) is 6.93. The molecule has 0 spiro atoms. The first-order chi connectivity index (χ1) is 16.4. The van der Waals surface area contributed by atoms with Gasteiger partial charge < -0.3 is 9.47 Å². The number of esters is 1. The summed E-state index contributed by atoms with van der Waals surface area (Å²) in [7, 11) is 3.17. The van der Waals surface area contributed by atoms with Gasteiger partial charge in [0.15, 0.2) is 0 Å². The Morgan fingerprint density at radius 3 is 2.09 bits per heavy atom. The Hall–Kier alpha value is -2.81. The van der Waals surface area contributed by atoms with E-state index in [1.807, 2.05) is 18.2 Å². The van der Waals surface area contributed by atoms with Crippen molar-refractivity contribution in [2.24, 2.45) is 0 Å². The standard InChI is InChI=1S/C31H40O3/c1-6-7-8-9-10-11-12-19-31(2,3)28-22-26(17-18-29(28)33-4)24-13-14-25-21-27(30(32)34-5)16-15-23(25)20-24/h13-18,20-22H,6-12,19H2,1-5H3. The number of ether oxygens (including phenoxy) is 2. The van der Waals surface area contributed by atoms with E-state index in [2.05, 4.69) is 57.2 Å². The van der Waals surface area contributed by atoms with Crippen LogP contribution in [0.4, 0.5) is 0 Å². The summed E-state index contributed by atoms with van der Waals surface area (Å²) in [4.78, 5) is 11.9. The lowest BCUT2D eigenvalue weighted by atomic mass is 9.78. The summed E-state index contributed by atoms with van der Waals surface area (Å²) in [6.07, 6.45) is 10.4. The zero-order chi connectivity index (χ0) is 24.6. The maximum Gasteiger partial charge on any atom is 0.337 e. The molecule has 0 amide bonds. The van der Waals surface area contributed by atoms with Gasteiger partial charge in [0.25, 0.3) is 0 Å².